The lowest BCUT2D eigenvalue weighted by molar-refractivity contribution is -0.138. The van der Waals surface area contributed by atoms with Gasteiger partial charge in [0.05, 0.1) is 23.2 Å². The van der Waals surface area contributed by atoms with Crippen molar-refractivity contribution in [3.63, 3.8) is 0 Å². The minimum absolute atomic E-state index is 0.262. The van der Waals surface area contributed by atoms with Crippen LogP contribution in [0.15, 0.2) is 18.2 Å². The molecule has 1 aromatic rings. The van der Waals surface area contributed by atoms with Gasteiger partial charge in [-0.1, -0.05) is 13.0 Å². The minimum atomic E-state index is 0.262. The smallest absolute Gasteiger partial charge is 0.226 e. The Morgan fingerprint density at radius 3 is 2.96 bits per heavy atom. The van der Waals surface area contributed by atoms with Gasteiger partial charge in [-0.25, -0.2) is 0 Å². The summed E-state index contributed by atoms with van der Waals surface area (Å²) in [7, 11) is 0. The van der Waals surface area contributed by atoms with Gasteiger partial charge in [-0.3, -0.25) is 9.78 Å². The average Bonchev–Trinajstić information content (AvgIpc) is 3.07. The first-order chi connectivity index (χ1) is 11.0. The van der Waals surface area contributed by atoms with Crippen molar-refractivity contribution in [2.24, 2.45) is 11.8 Å². The lowest BCUT2D eigenvalue weighted by Gasteiger charge is -2.47. The Labute approximate surface area is 142 Å². The van der Waals surface area contributed by atoms with E-state index in [4.69, 9.17) is 4.74 Å². The first-order valence-corrected chi connectivity index (χ1v) is 9.50. The number of carbonyl (C=O) groups excluding carboxylic acids is 1. The van der Waals surface area contributed by atoms with Gasteiger partial charge in [-0.2, -0.15) is 0 Å². The fourth-order valence-corrected chi connectivity index (χ4v) is 5.27. The predicted octanol–water partition coefficient (Wildman–Crippen LogP) is 2.65. The molecule has 4 nitrogen and oxygen atoms in total. The Bertz CT molecular complexity index is 615. The molecule has 4 rings (SSSR count). The molecule has 0 N–H and O–H groups in total. The van der Waals surface area contributed by atoms with Crippen molar-refractivity contribution in [1.82, 2.24) is 9.88 Å². The van der Waals surface area contributed by atoms with Gasteiger partial charge >= 0.3 is 0 Å². The molecule has 23 heavy (non-hydrogen) atoms. The molecule has 0 bridgehead atoms. The first kappa shape index (κ1) is 15.5. The molecule has 3 heterocycles. The van der Waals surface area contributed by atoms with Crippen LogP contribution >= 0.6 is 11.8 Å². The van der Waals surface area contributed by atoms with Crippen LogP contribution in [0.1, 0.15) is 31.2 Å². The molecule has 3 fully saturated rings. The number of carbonyl (C=O) groups is 1. The lowest BCUT2D eigenvalue weighted by Crippen LogP contribution is -2.61. The predicted molar refractivity (Wildman–Crippen MR) is 91.2 cm³/mol. The second-order valence-corrected chi connectivity index (χ2v) is 8.90. The Hall–Kier alpha value is -1.07. The summed E-state index contributed by atoms with van der Waals surface area (Å²) < 4.78 is 6.32. The zero-order valence-corrected chi connectivity index (χ0v) is 14.6. The third kappa shape index (κ3) is 3.13. The van der Waals surface area contributed by atoms with Crippen LogP contribution < -0.4 is 0 Å². The molecule has 124 valence electrons. The maximum absolute atomic E-state index is 12.2. The van der Waals surface area contributed by atoms with Crippen LogP contribution in [0.3, 0.4) is 0 Å². The maximum atomic E-state index is 12.2. The summed E-state index contributed by atoms with van der Waals surface area (Å²) in [5.41, 5.74) is 2.04. The third-order valence-corrected chi connectivity index (χ3v) is 6.86. The Balaban J connectivity index is 1.25. The zero-order chi connectivity index (χ0) is 16.0. The van der Waals surface area contributed by atoms with Gasteiger partial charge in [0, 0.05) is 30.5 Å². The monoisotopic (exact) mass is 332 g/mol. The van der Waals surface area contributed by atoms with Crippen LogP contribution in [0.5, 0.6) is 0 Å². The highest BCUT2D eigenvalue weighted by atomic mass is 32.2. The van der Waals surface area contributed by atoms with Crippen molar-refractivity contribution in [2.45, 2.75) is 44.1 Å². The summed E-state index contributed by atoms with van der Waals surface area (Å²) in [6.07, 6.45) is 2.44. The zero-order valence-electron chi connectivity index (χ0n) is 13.8. The lowest BCUT2D eigenvalue weighted by atomic mass is 9.92. The van der Waals surface area contributed by atoms with Crippen LogP contribution in [0.25, 0.3) is 0 Å². The van der Waals surface area contributed by atoms with Crippen molar-refractivity contribution >= 4 is 17.7 Å². The number of likely N-dealkylation sites (tertiary alicyclic amines) is 1. The first-order valence-electron chi connectivity index (χ1n) is 8.52. The number of amides is 1. The van der Waals surface area contributed by atoms with Gasteiger partial charge in [0.25, 0.3) is 0 Å². The molecule has 1 amide bonds. The third-order valence-electron chi connectivity index (χ3n) is 5.28. The van der Waals surface area contributed by atoms with Crippen molar-refractivity contribution in [2.75, 3.05) is 18.8 Å². The number of hydrogen-bond acceptors (Lipinski definition) is 4. The largest absolute Gasteiger partial charge is 0.371 e. The summed E-state index contributed by atoms with van der Waals surface area (Å²) in [4.78, 5) is 18.8. The standard InChI is InChI=1S/C18H24N2O2S/c1-12-6-16(12)17(21)20-10-18(11-20)7-15(9-23-18)22-8-14-5-3-4-13(2)19-14/h3-5,12,15-16H,6-11H2,1-2H3/t12-,15-,16+/m0/s1. The summed E-state index contributed by atoms with van der Waals surface area (Å²) in [5, 5.41) is 0. The molecule has 1 aliphatic carbocycles. The van der Waals surface area contributed by atoms with Gasteiger partial charge in [0.2, 0.25) is 5.91 Å². The molecule has 0 unspecified atom stereocenters. The highest BCUT2D eigenvalue weighted by Crippen LogP contribution is 2.48. The fraction of sp³-hybridized carbons (Fsp3) is 0.667. The van der Waals surface area contributed by atoms with E-state index >= 15 is 0 Å². The molecule has 2 saturated heterocycles. The summed E-state index contributed by atoms with van der Waals surface area (Å²) in [6.45, 7) is 6.60. The van der Waals surface area contributed by atoms with Gasteiger partial charge in [-0.05, 0) is 37.8 Å². The van der Waals surface area contributed by atoms with Gasteiger partial charge < -0.3 is 9.64 Å². The number of pyridine rings is 1. The molecule has 0 radical (unpaired) electrons. The molecule has 1 saturated carbocycles. The van der Waals surface area contributed by atoms with Crippen LogP contribution in [0.2, 0.25) is 0 Å². The molecular formula is C18H24N2O2S. The number of hydrogen-bond donors (Lipinski definition) is 0. The second kappa shape index (κ2) is 5.78. The van der Waals surface area contributed by atoms with Crippen molar-refractivity contribution in [1.29, 1.82) is 0 Å². The van der Waals surface area contributed by atoms with E-state index in [0.29, 0.717) is 30.5 Å². The van der Waals surface area contributed by atoms with Crippen molar-refractivity contribution in [3.8, 4) is 0 Å². The highest BCUT2D eigenvalue weighted by molar-refractivity contribution is 8.01. The summed E-state index contributed by atoms with van der Waals surface area (Å²) in [6, 6.07) is 6.05. The summed E-state index contributed by atoms with van der Waals surface area (Å²) in [5.74, 6) is 2.34. The van der Waals surface area contributed by atoms with Crippen LogP contribution in [0.4, 0.5) is 0 Å². The highest BCUT2D eigenvalue weighted by Gasteiger charge is 2.53. The van der Waals surface area contributed by atoms with E-state index in [2.05, 4.69) is 16.8 Å². The normalized spacial score (nSPS) is 31.2. The van der Waals surface area contributed by atoms with E-state index in [0.717, 1.165) is 43.1 Å². The SMILES string of the molecule is Cc1cccc(CO[C@@H]2CSC3(C2)CN(C(=O)[C@@H]2C[C@@H]2C)C3)n1. The molecule has 3 aliphatic rings. The molecule has 1 spiro atoms. The molecule has 0 aromatic carbocycles. The minimum Gasteiger partial charge on any atom is -0.371 e. The van der Waals surface area contributed by atoms with E-state index in [1.165, 1.54) is 0 Å². The topological polar surface area (TPSA) is 42.4 Å². The van der Waals surface area contributed by atoms with Gasteiger partial charge in [0.15, 0.2) is 0 Å². The Kier molecular flexibility index (Phi) is 3.88. The van der Waals surface area contributed by atoms with E-state index in [1.807, 2.05) is 36.9 Å². The second-order valence-electron chi connectivity index (χ2n) is 7.42. The average molecular weight is 332 g/mol. The van der Waals surface area contributed by atoms with Crippen molar-refractivity contribution < 1.29 is 9.53 Å². The Morgan fingerprint density at radius 2 is 2.26 bits per heavy atom. The van der Waals surface area contributed by atoms with E-state index in [-0.39, 0.29) is 4.75 Å². The van der Waals surface area contributed by atoms with Crippen LogP contribution in [-0.2, 0) is 16.1 Å². The number of nitrogens with zero attached hydrogens (tertiary/aromatic N) is 2. The number of aromatic nitrogens is 1. The van der Waals surface area contributed by atoms with Crippen LogP contribution in [-0.4, -0.2) is 45.5 Å². The summed E-state index contributed by atoms with van der Waals surface area (Å²) >= 11 is 1.99. The number of aryl methyl sites for hydroxylation is 1. The molecule has 5 heteroatoms. The quantitative estimate of drug-likeness (QED) is 0.850. The van der Waals surface area contributed by atoms with Crippen molar-refractivity contribution in [3.05, 3.63) is 29.6 Å². The number of ether oxygens (including phenoxy) is 1. The molecular weight excluding hydrogens is 308 g/mol. The van der Waals surface area contributed by atoms with E-state index in [1.54, 1.807) is 0 Å². The van der Waals surface area contributed by atoms with E-state index in [9.17, 15) is 4.79 Å². The molecule has 2 aliphatic heterocycles. The van der Waals surface area contributed by atoms with Crippen LogP contribution in [0, 0.1) is 18.8 Å². The fourth-order valence-electron chi connectivity index (χ4n) is 3.72. The number of thioether (sulfide) groups is 1. The van der Waals surface area contributed by atoms with E-state index < -0.39 is 0 Å². The van der Waals surface area contributed by atoms with Gasteiger partial charge in [0.1, 0.15) is 0 Å². The van der Waals surface area contributed by atoms with Gasteiger partial charge in [-0.15, -0.1) is 11.8 Å². The Morgan fingerprint density at radius 1 is 1.48 bits per heavy atom. The molecule has 3 atom stereocenters. The number of rotatable bonds is 4. The maximum Gasteiger partial charge on any atom is 0.226 e. The molecule has 1 aromatic heterocycles.